The summed E-state index contributed by atoms with van der Waals surface area (Å²) in [5, 5.41) is 11.8. The quantitative estimate of drug-likeness (QED) is 0.822. The summed E-state index contributed by atoms with van der Waals surface area (Å²) in [5.41, 5.74) is -0.237. The zero-order valence-corrected chi connectivity index (χ0v) is 14.0. The summed E-state index contributed by atoms with van der Waals surface area (Å²) >= 11 is 7.13. The van der Waals surface area contributed by atoms with Gasteiger partial charge in [0.2, 0.25) is 0 Å². The lowest BCUT2D eigenvalue weighted by molar-refractivity contribution is -0.138. The molecule has 23 heavy (non-hydrogen) atoms. The van der Waals surface area contributed by atoms with Crippen LogP contribution in [0.5, 0.6) is 0 Å². The van der Waals surface area contributed by atoms with Crippen LogP contribution < -0.4 is 5.32 Å². The number of carbonyl (C=O) groups is 2. The van der Waals surface area contributed by atoms with E-state index in [1.807, 2.05) is 30.3 Å². The number of amides is 1. The molecule has 0 aliphatic heterocycles. The van der Waals surface area contributed by atoms with E-state index in [0.29, 0.717) is 9.21 Å². The van der Waals surface area contributed by atoms with Crippen molar-refractivity contribution in [3.63, 3.8) is 0 Å². The second-order valence-corrected chi connectivity index (χ2v) is 6.91. The first kappa shape index (κ1) is 17.3. The van der Waals surface area contributed by atoms with Crippen molar-refractivity contribution in [2.24, 2.45) is 0 Å². The Hall–Kier alpha value is -2.05. The number of thiophene rings is 1. The Morgan fingerprint density at radius 1 is 1.26 bits per heavy atom. The Morgan fingerprint density at radius 2 is 1.96 bits per heavy atom. The second-order valence-electron chi connectivity index (χ2n) is 5.19. The Morgan fingerprint density at radius 3 is 2.52 bits per heavy atom. The molecule has 0 bridgehead atoms. The van der Waals surface area contributed by atoms with Crippen LogP contribution in [-0.2, 0) is 21.7 Å². The molecule has 1 aromatic heterocycles. The molecule has 0 saturated heterocycles. The summed E-state index contributed by atoms with van der Waals surface area (Å²) in [7, 11) is 0. The summed E-state index contributed by atoms with van der Waals surface area (Å²) in [4.78, 5) is 23.8. The maximum atomic E-state index is 12.0. The summed E-state index contributed by atoms with van der Waals surface area (Å²) in [5.74, 6) is -1.03. The first-order chi connectivity index (χ1) is 10.9. The predicted octanol–water partition coefficient (Wildman–Crippen LogP) is 4.02. The molecule has 2 N–H and O–H groups in total. The van der Waals surface area contributed by atoms with Gasteiger partial charge in [-0.25, -0.2) is 4.79 Å². The van der Waals surface area contributed by atoms with Gasteiger partial charge in [0.25, 0.3) is 0 Å². The van der Waals surface area contributed by atoms with E-state index in [2.05, 4.69) is 5.32 Å². The molecule has 5 nitrogen and oxygen atoms in total. The second kappa shape index (κ2) is 7.48. The minimum atomic E-state index is -1.09. The molecule has 2 rings (SSSR count). The van der Waals surface area contributed by atoms with E-state index in [-0.39, 0.29) is 13.0 Å². The van der Waals surface area contributed by atoms with Crippen molar-refractivity contribution in [2.75, 3.05) is 0 Å². The molecule has 1 amide bonds. The third-order valence-corrected chi connectivity index (χ3v) is 4.71. The number of alkyl carbamates (subject to hydrolysis) is 1. The molecule has 1 unspecified atom stereocenters. The molecule has 1 aromatic carbocycles. The van der Waals surface area contributed by atoms with E-state index in [1.165, 1.54) is 11.3 Å². The highest BCUT2D eigenvalue weighted by molar-refractivity contribution is 7.16. The monoisotopic (exact) mass is 353 g/mol. The van der Waals surface area contributed by atoms with Crippen LogP contribution in [-0.4, -0.2) is 17.2 Å². The van der Waals surface area contributed by atoms with Crippen molar-refractivity contribution >= 4 is 35.0 Å². The van der Waals surface area contributed by atoms with Crippen molar-refractivity contribution in [3.05, 3.63) is 57.2 Å². The molecule has 122 valence electrons. The van der Waals surface area contributed by atoms with E-state index in [1.54, 1.807) is 19.1 Å². The van der Waals surface area contributed by atoms with Crippen LogP contribution in [0.3, 0.4) is 0 Å². The molecule has 0 radical (unpaired) electrons. The van der Waals surface area contributed by atoms with Gasteiger partial charge in [-0.1, -0.05) is 41.9 Å². The summed E-state index contributed by atoms with van der Waals surface area (Å²) in [6, 6.07) is 12.6. The summed E-state index contributed by atoms with van der Waals surface area (Å²) < 4.78 is 5.69. The third kappa shape index (κ3) is 4.97. The smallest absolute Gasteiger partial charge is 0.408 e. The van der Waals surface area contributed by atoms with Gasteiger partial charge in [-0.15, -0.1) is 11.3 Å². The fraction of sp³-hybridized carbons (Fsp3) is 0.250. The molecule has 0 aliphatic rings. The van der Waals surface area contributed by atoms with Crippen molar-refractivity contribution in [3.8, 4) is 0 Å². The molecule has 2 aromatic rings. The Kier molecular flexibility index (Phi) is 5.63. The highest BCUT2D eigenvalue weighted by Crippen LogP contribution is 2.33. The van der Waals surface area contributed by atoms with Gasteiger partial charge in [-0.2, -0.15) is 0 Å². The van der Waals surface area contributed by atoms with Gasteiger partial charge in [0.05, 0.1) is 16.3 Å². The fourth-order valence-corrected chi connectivity index (χ4v) is 3.23. The van der Waals surface area contributed by atoms with Crippen LogP contribution >= 0.6 is 22.9 Å². The molecule has 0 spiro atoms. The molecular formula is C16H16ClNO4S. The summed E-state index contributed by atoms with van der Waals surface area (Å²) in [6.45, 7) is 1.74. The first-order valence-corrected chi connectivity index (χ1v) is 8.05. The van der Waals surface area contributed by atoms with Crippen molar-refractivity contribution in [2.45, 2.75) is 25.5 Å². The van der Waals surface area contributed by atoms with Crippen molar-refractivity contribution in [1.82, 2.24) is 5.32 Å². The standard InChI is InChI=1S/C16H16ClNO4S/c1-16(9-14(19)20,12-7-8-13(17)23-12)18-15(21)22-10-11-5-3-2-4-6-11/h2-8H,9-10H2,1H3,(H,18,21)(H,19,20). The normalized spacial score (nSPS) is 13.1. The maximum absolute atomic E-state index is 12.0. The first-order valence-electron chi connectivity index (χ1n) is 6.85. The number of carboxylic acids is 1. The average Bonchev–Trinajstić information content (AvgIpc) is 2.93. The summed E-state index contributed by atoms with van der Waals surface area (Å²) in [6.07, 6.45) is -0.952. The average molecular weight is 354 g/mol. The van der Waals surface area contributed by atoms with Crippen molar-refractivity contribution < 1.29 is 19.4 Å². The lowest BCUT2D eigenvalue weighted by Crippen LogP contribution is -2.44. The van der Waals surface area contributed by atoms with Crippen LogP contribution in [0, 0.1) is 0 Å². The number of carboxylic acid groups (broad SMARTS) is 1. The molecule has 1 atom stereocenters. The lowest BCUT2D eigenvalue weighted by atomic mass is 9.96. The van der Waals surface area contributed by atoms with E-state index in [4.69, 9.17) is 21.4 Å². The van der Waals surface area contributed by atoms with Crippen LogP contribution in [0.4, 0.5) is 4.79 Å². The van der Waals surface area contributed by atoms with Gasteiger partial charge >= 0.3 is 12.1 Å². The number of nitrogens with one attached hydrogen (secondary N) is 1. The number of hydrogen-bond acceptors (Lipinski definition) is 4. The number of benzene rings is 1. The van der Waals surface area contributed by atoms with Gasteiger partial charge in [-0.3, -0.25) is 4.79 Å². The molecule has 1 heterocycles. The topological polar surface area (TPSA) is 75.6 Å². The molecular weight excluding hydrogens is 338 g/mol. The molecule has 0 fully saturated rings. The minimum absolute atomic E-state index is 0.112. The predicted molar refractivity (Wildman–Crippen MR) is 88.7 cm³/mol. The van der Waals surface area contributed by atoms with Gasteiger partial charge in [0, 0.05) is 4.88 Å². The van der Waals surface area contributed by atoms with Crippen molar-refractivity contribution in [1.29, 1.82) is 0 Å². The number of rotatable bonds is 6. The lowest BCUT2D eigenvalue weighted by Gasteiger charge is -2.27. The van der Waals surface area contributed by atoms with Crippen LogP contribution in [0.2, 0.25) is 4.34 Å². The van der Waals surface area contributed by atoms with E-state index >= 15 is 0 Å². The van der Waals surface area contributed by atoms with Gasteiger partial charge in [0.15, 0.2) is 0 Å². The Bertz CT molecular complexity index is 688. The van der Waals surface area contributed by atoms with E-state index in [9.17, 15) is 9.59 Å². The number of carbonyl (C=O) groups excluding carboxylic acids is 1. The molecule has 0 aliphatic carbocycles. The number of ether oxygens (including phenoxy) is 1. The van der Waals surface area contributed by atoms with Gasteiger partial charge < -0.3 is 15.2 Å². The highest BCUT2D eigenvalue weighted by atomic mass is 35.5. The van der Waals surface area contributed by atoms with Gasteiger partial charge in [0.1, 0.15) is 6.61 Å². The molecule has 7 heteroatoms. The zero-order chi connectivity index (χ0) is 16.9. The largest absolute Gasteiger partial charge is 0.481 e. The number of hydrogen-bond donors (Lipinski definition) is 2. The zero-order valence-electron chi connectivity index (χ0n) is 12.4. The fourth-order valence-electron chi connectivity index (χ4n) is 2.09. The highest BCUT2D eigenvalue weighted by Gasteiger charge is 2.33. The Labute approximate surface area is 142 Å². The number of aliphatic carboxylic acids is 1. The van der Waals surface area contributed by atoms with Crippen LogP contribution in [0.15, 0.2) is 42.5 Å². The van der Waals surface area contributed by atoms with E-state index < -0.39 is 17.6 Å². The third-order valence-electron chi connectivity index (χ3n) is 3.21. The minimum Gasteiger partial charge on any atom is -0.481 e. The van der Waals surface area contributed by atoms with E-state index in [0.717, 1.165) is 5.56 Å². The SMILES string of the molecule is CC(CC(=O)O)(NC(=O)OCc1ccccc1)c1ccc(Cl)s1. The van der Waals surface area contributed by atoms with Gasteiger partial charge in [-0.05, 0) is 24.6 Å². The maximum Gasteiger partial charge on any atom is 0.408 e. The van der Waals surface area contributed by atoms with Crippen LogP contribution in [0.1, 0.15) is 23.8 Å². The Balaban J connectivity index is 2.05. The molecule has 0 saturated carbocycles. The van der Waals surface area contributed by atoms with Crippen LogP contribution in [0.25, 0.3) is 0 Å². The number of halogens is 1.